The van der Waals surface area contributed by atoms with E-state index >= 15 is 0 Å². The number of ketones is 1. The van der Waals surface area contributed by atoms with Crippen molar-refractivity contribution in [3.63, 3.8) is 0 Å². The molecule has 5 rings (SSSR count). The van der Waals surface area contributed by atoms with Crippen LogP contribution in [0, 0.1) is 13.8 Å². The monoisotopic (exact) mass is 398 g/mol. The molecule has 4 nitrogen and oxygen atoms in total. The van der Waals surface area contributed by atoms with Crippen molar-refractivity contribution in [1.82, 2.24) is 0 Å². The highest BCUT2D eigenvalue weighted by Gasteiger charge is 2.37. The van der Waals surface area contributed by atoms with Crippen LogP contribution >= 0.6 is 0 Å². The zero-order chi connectivity index (χ0) is 20.8. The Morgan fingerprint density at radius 2 is 1.50 bits per heavy atom. The first kappa shape index (κ1) is 18.7. The summed E-state index contributed by atoms with van der Waals surface area (Å²) in [7, 11) is 1.64. The fourth-order valence-corrected chi connectivity index (χ4v) is 4.75. The zero-order valence-electron chi connectivity index (χ0n) is 17.7. The highest BCUT2D eigenvalue weighted by molar-refractivity contribution is 6.03. The van der Waals surface area contributed by atoms with Crippen molar-refractivity contribution in [2.24, 2.45) is 0 Å². The van der Waals surface area contributed by atoms with E-state index < -0.39 is 0 Å². The molecule has 0 amide bonds. The summed E-state index contributed by atoms with van der Waals surface area (Å²) >= 11 is 0. The van der Waals surface area contributed by atoms with Gasteiger partial charge in [0.2, 0.25) is 0 Å². The summed E-state index contributed by atoms with van der Waals surface area (Å²) in [5.41, 5.74) is 8.20. The lowest BCUT2D eigenvalue weighted by Crippen LogP contribution is -2.45. The topological polar surface area (TPSA) is 32.8 Å². The van der Waals surface area contributed by atoms with E-state index in [0.717, 1.165) is 24.4 Å². The van der Waals surface area contributed by atoms with Gasteiger partial charge in [0.05, 0.1) is 7.11 Å². The van der Waals surface area contributed by atoms with Gasteiger partial charge >= 0.3 is 0 Å². The zero-order valence-corrected chi connectivity index (χ0v) is 17.7. The van der Waals surface area contributed by atoms with E-state index in [4.69, 9.17) is 4.74 Å². The van der Waals surface area contributed by atoms with E-state index in [1.807, 2.05) is 24.3 Å². The molecule has 0 fully saturated rings. The summed E-state index contributed by atoms with van der Waals surface area (Å²) in [5, 5.41) is 0. The second-order valence-corrected chi connectivity index (χ2v) is 8.38. The number of nitrogens with zero attached hydrogens (tertiary/aromatic N) is 2. The van der Waals surface area contributed by atoms with Gasteiger partial charge in [-0.25, -0.2) is 0 Å². The van der Waals surface area contributed by atoms with Gasteiger partial charge in [0.15, 0.2) is 5.78 Å². The predicted octanol–water partition coefficient (Wildman–Crippen LogP) is 4.90. The average molecular weight is 399 g/mol. The Bertz CT molecular complexity index is 1120. The quantitative estimate of drug-likeness (QED) is 0.587. The molecule has 152 valence electrons. The maximum atomic E-state index is 13.7. The summed E-state index contributed by atoms with van der Waals surface area (Å²) in [6, 6.07) is 20.5. The number of rotatable bonds is 3. The minimum Gasteiger partial charge on any atom is -0.497 e. The van der Waals surface area contributed by atoms with Crippen molar-refractivity contribution in [1.29, 1.82) is 0 Å². The van der Waals surface area contributed by atoms with E-state index in [9.17, 15) is 4.79 Å². The van der Waals surface area contributed by atoms with Gasteiger partial charge in [0.25, 0.3) is 0 Å². The largest absolute Gasteiger partial charge is 0.497 e. The van der Waals surface area contributed by atoms with Gasteiger partial charge in [-0.05, 0) is 61.4 Å². The van der Waals surface area contributed by atoms with Crippen molar-refractivity contribution in [3.05, 3.63) is 88.5 Å². The second-order valence-electron chi connectivity index (χ2n) is 8.38. The molecule has 3 aromatic rings. The summed E-state index contributed by atoms with van der Waals surface area (Å²) < 4.78 is 5.26. The number of carbonyl (C=O) groups excluding carboxylic acids is 1. The Morgan fingerprint density at radius 1 is 0.867 bits per heavy atom. The van der Waals surface area contributed by atoms with Crippen molar-refractivity contribution in [2.75, 3.05) is 23.5 Å². The lowest BCUT2D eigenvalue weighted by Gasteiger charge is -2.31. The molecule has 0 N–H and O–H groups in total. The number of aryl methyl sites for hydroxylation is 2. The van der Waals surface area contributed by atoms with Crippen LogP contribution in [-0.2, 0) is 13.1 Å². The number of methoxy groups -OCH3 is 1. The molecule has 0 spiro atoms. The molecule has 3 aromatic carbocycles. The van der Waals surface area contributed by atoms with E-state index in [1.165, 1.54) is 33.6 Å². The molecule has 0 saturated heterocycles. The van der Waals surface area contributed by atoms with Crippen LogP contribution in [0.4, 0.5) is 11.4 Å². The molecule has 2 aliphatic rings. The lowest BCUT2D eigenvalue weighted by atomic mass is 10.0. The van der Waals surface area contributed by atoms with E-state index in [1.54, 1.807) is 7.11 Å². The number of anilines is 2. The van der Waals surface area contributed by atoms with Gasteiger partial charge in [-0.15, -0.1) is 0 Å². The van der Waals surface area contributed by atoms with Crippen LogP contribution < -0.4 is 14.5 Å². The number of Topliss-reactive ketones (excluding diaryl/α,β-unsaturated/α-hetero) is 1. The smallest absolute Gasteiger partial charge is 0.187 e. The van der Waals surface area contributed by atoms with Crippen molar-refractivity contribution in [3.8, 4) is 5.75 Å². The van der Waals surface area contributed by atoms with Crippen molar-refractivity contribution < 1.29 is 9.53 Å². The number of hydrogen-bond acceptors (Lipinski definition) is 4. The molecule has 1 unspecified atom stereocenters. The fourth-order valence-electron chi connectivity index (χ4n) is 4.75. The molecule has 2 heterocycles. The van der Waals surface area contributed by atoms with E-state index in [-0.39, 0.29) is 11.8 Å². The maximum Gasteiger partial charge on any atom is 0.187 e. The van der Waals surface area contributed by atoms with Gasteiger partial charge in [0, 0.05) is 36.6 Å². The van der Waals surface area contributed by atoms with E-state index in [0.29, 0.717) is 6.54 Å². The SMILES string of the molecule is COc1ccc(C(=O)C2CN3Cc4cc(C)ccc4N2Cc2cc(C)ccc23)cc1. The lowest BCUT2D eigenvalue weighted by molar-refractivity contribution is 0.0960. The number of fused-ring (bicyclic) bond motifs is 7. The number of benzene rings is 3. The summed E-state index contributed by atoms with van der Waals surface area (Å²) in [6.07, 6.45) is 0. The number of carbonyl (C=O) groups is 1. The van der Waals surface area contributed by atoms with Crippen LogP contribution in [0.15, 0.2) is 60.7 Å². The van der Waals surface area contributed by atoms with Crippen LogP contribution in [0.5, 0.6) is 5.75 Å². The number of hydrogen-bond donors (Lipinski definition) is 0. The Hall–Kier alpha value is -3.27. The minimum absolute atomic E-state index is 0.153. The summed E-state index contributed by atoms with van der Waals surface area (Å²) in [5.74, 6) is 0.916. The Balaban J connectivity index is 1.62. The van der Waals surface area contributed by atoms with Gasteiger partial charge < -0.3 is 14.5 Å². The van der Waals surface area contributed by atoms with Crippen LogP contribution in [0.1, 0.15) is 32.6 Å². The van der Waals surface area contributed by atoms with Crippen molar-refractivity contribution in [2.45, 2.75) is 33.0 Å². The molecule has 0 radical (unpaired) electrons. The van der Waals surface area contributed by atoms with Crippen LogP contribution in [0.2, 0.25) is 0 Å². The molecule has 0 aromatic heterocycles. The molecule has 30 heavy (non-hydrogen) atoms. The molecule has 2 aliphatic heterocycles. The molecule has 0 saturated carbocycles. The van der Waals surface area contributed by atoms with E-state index in [2.05, 4.69) is 60.0 Å². The Morgan fingerprint density at radius 3 is 2.17 bits per heavy atom. The van der Waals surface area contributed by atoms with Crippen LogP contribution in [0.3, 0.4) is 0 Å². The highest BCUT2D eigenvalue weighted by atomic mass is 16.5. The molecule has 2 bridgehead atoms. The first-order valence-electron chi connectivity index (χ1n) is 10.4. The molecule has 4 heteroatoms. The summed E-state index contributed by atoms with van der Waals surface area (Å²) in [4.78, 5) is 18.4. The normalized spacial score (nSPS) is 17.1. The third kappa shape index (κ3) is 3.13. The average Bonchev–Trinajstić information content (AvgIpc) is 2.99. The maximum absolute atomic E-state index is 13.7. The van der Waals surface area contributed by atoms with Gasteiger partial charge in [-0.2, -0.15) is 0 Å². The number of ether oxygens (including phenoxy) is 1. The van der Waals surface area contributed by atoms with Crippen LogP contribution in [0.25, 0.3) is 0 Å². The molecular weight excluding hydrogens is 372 g/mol. The highest BCUT2D eigenvalue weighted by Crippen LogP contribution is 2.39. The fraction of sp³-hybridized carbons (Fsp3) is 0.269. The third-order valence-electron chi connectivity index (χ3n) is 6.27. The first-order chi connectivity index (χ1) is 14.5. The first-order valence-corrected chi connectivity index (χ1v) is 10.4. The van der Waals surface area contributed by atoms with Gasteiger partial charge in [-0.1, -0.05) is 35.4 Å². The van der Waals surface area contributed by atoms with Crippen LogP contribution in [-0.4, -0.2) is 25.5 Å². The Kier molecular flexibility index (Phi) is 4.50. The second kappa shape index (κ2) is 7.21. The minimum atomic E-state index is -0.241. The third-order valence-corrected chi connectivity index (χ3v) is 6.27. The molecule has 1 atom stereocenters. The predicted molar refractivity (Wildman–Crippen MR) is 121 cm³/mol. The van der Waals surface area contributed by atoms with Gasteiger partial charge in [-0.3, -0.25) is 4.79 Å². The standard InChI is InChI=1S/C26H26N2O2/c1-17-4-10-23-21(13-17)15-28-24-11-5-18(2)12-20(24)14-27(23)16-25(28)26(29)19-6-8-22(30-3)9-7-19/h4-13,25H,14-16H2,1-3H3. The Labute approximate surface area is 177 Å². The van der Waals surface area contributed by atoms with Gasteiger partial charge in [0.1, 0.15) is 11.8 Å². The molecule has 0 aliphatic carbocycles. The molecular formula is C26H26N2O2. The van der Waals surface area contributed by atoms with Crippen molar-refractivity contribution >= 4 is 17.2 Å². The summed E-state index contributed by atoms with van der Waals surface area (Å²) in [6.45, 7) is 6.48.